The number of rotatable bonds is 4. The molecule has 9 aromatic rings. The third kappa shape index (κ3) is 4.60. The molecule has 0 saturated carbocycles. The normalized spacial score (nSPS) is 13.1. The molecule has 0 heterocycles. The van der Waals surface area contributed by atoms with Gasteiger partial charge in [-0.15, -0.1) is 0 Å². The molecule has 0 heteroatoms. The highest BCUT2D eigenvalue weighted by atomic mass is 14.4. The first kappa shape index (κ1) is 29.7. The molecule has 1 aliphatic carbocycles. The Morgan fingerprint density at radius 3 is 1.35 bits per heavy atom. The molecule has 0 fully saturated rings. The first-order chi connectivity index (χ1) is 25.1. The van der Waals surface area contributed by atoms with Crippen LogP contribution in [0.4, 0.5) is 0 Å². The molecule has 9 aromatic carbocycles. The van der Waals surface area contributed by atoms with Crippen molar-refractivity contribution in [3.63, 3.8) is 0 Å². The molecule has 0 spiro atoms. The Hall–Kier alpha value is -6.24. The van der Waals surface area contributed by atoms with Crippen molar-refractivity contribution in [2.24, 2.45) is 0 Å². The van der Waals surface area contributed by atoms with Crippen molar-refractivity contribution in [2.75, 3.05) is 0 Å². The van der Waals surface area contributed by atoms with Crippen molar-refractivity contribution in [2.45, 2.75) is 19.3 Å². The third-order valence-electron chi connectivity index (χ3n) is 11.2. The van der Waals surface area contributed by atoms with Gasteiger partial charge in [0.05, 0.1) is 0 Å². The van der Waals surface area contributed by atoms with E-state index in [0.29, 0.717) is 0 Å². The summed E-state index contributed by atoms with van der Waals surface area (Å²) in [7, 11) is 0. The van der Waals surface area contributed by atoms with E-state index in [-0.39, 0.29) is 5.41 Å². The van der Waals surface area contributed by atoms with Gasteiger partial charge in [-0.2, -0.15) is 0 Å². The second-order valence-corrected chi connectivity index (χ2v) is 14.5. The lowest BCUT2D eigenvalue weighted by atomic mass is 9.79. The minimum Gasteiger partial charge on any atom is -0.0622 e. The summed E-state index contributed by atoms with van der Waals surface area (Å²) in [6.07, 6.45) is 0. The minimum atomic E-state index is -0.0850. The summed E-state index contributed by atoms with van der Waals surface area (Å²) in [5.41, 5.74) is 15.4. The lowest BCUT2D eigenvalue weighted by Gasteiger charge is -2.23. The second-order valence-electron chi connectivity index (χ2n) is 14.5. The summed E-state index contributed by atoms with van der Waals surface area (Å²) in [6, 6.07) is 67.4. The summed E-state index contributed by atoms with van der Waals surface area (Å²) in [5.74, 6) is 0. The Balaban J connectivity index is 1.24. The van der Waals surface area contributed by atoms with Gasteiger partial charge in [0.2, 0.25) is 0 Å². The van der Waals surface area contributed by atoms with Crippen LogP contribution in [0.3, 0.4) is 0 Å². The summed E-state index contributed by atoms with van der Waals surface area (Å²) in [4.78, 5) is 0. The molecule has 0 unspecified atom stereocenters. The summed E-state index contributed by atoms with van der Waals surface area (Å²) < 4.78 is 0. The molecule has 0 N–H and O–H groups in total. The monoisotopic (exact) mass is 648 g/mol. The van der Waals surface area contributed by atoms with Crippen molar-refractivity contribution < 1.29 is 0 Å². The molecular formula is C51H36. The van der Waals surface area contributed by atoms with Crippen molar-refractivity contribution in [1.29, 1.82) is 0 Å². The van der Waals surface area contributed by atoms with E-state index in [1.807, 2.05) is 0 Å². The Labute approximate surface area is 299 Å². The van der Waals surface area contributed by atoms with E-state index in [1.54, 1.807) is 0 Å². The maximum absolute atomic E-state index is 2.47. The highest BCUT2D eigenvalue weighted by Crippen LogP contribution is 2.53. The highest BCUT2D eigenvalue weighted by molar-refractivity contribution is 6.22. The fraction of sp³-hybridized carbons (Fsp3) is 0.0588. The number of hydrogen-bond donors (Lipinski definition) is 0. The summed E-state index contributed by atoms with van der Waals surface area (Å²) in [5, 5.41) is 7.73. The predicted octanol–water partition coefficient (Wildman–Crippen LogP) is 14.1. The number of hydrogen-bond acceptors (Lipinski definition) is 0. The Kier molecular flexibility index (Phi) is 6.63. The molecule has 1 aliphatic rings. The zero-order valence-electron chi connectivity index (χ0n) is 28.8. The Bertz CT molecular complexity index is 2690. The van der Waals surface area contributed by atoms with E-state index >= 15 is 0 Å². The van der Waals surface area contributed by atoms with Crippen LogP contribution in [-0.4, -0.2) is 0 Å². The zero-order valence-corrected chi connectivity index (χ0v) is 28.8. The lowest BCUT2D eigenvalue weighted by Crippen LogP contribution is -2.15. The van der Waals surface area contributed by atoms with Crippen LogP contribution in [0.25, 0.3) is 88.0 Å². The molecule has 0 saturated heterocycles. The van der Waals surface area contributed by atoms with Gasteiger partial charge >= 0.3 is 0 Å². The molecule has 0 nitrogen and oxygen atoms in total. The van der Waals surface area contributed by atoms with Gasteiger partial charge < -0.3 is 0 Å². The maximum Gasteiger partial charge on any atom is 0.0165 e. The molecular weight excluding hydrogens is 613 g/mol. The molecule has 0 amide bonds. The van der Waals surface area contributed by atoms with Crippen LogP contribution in [0.15, 0.2) is 182 Å². The molecule has 51 heavy (non-hydrogen) atoms. The number of fused-ring (bicyclic) bond motifs is 7. The van der Waals surface area contributed by atoms with Gasteiger partial charge in [-0.3, -0.25) is 0 Å². The van der Waals surface area contributed by atoms with Gasteiger partial charge in [-0.1, -0.05) is 172 Å². The molecule has 0 radical (unpaired) electrons. The fourth-order valence-electron chi connectivity index (χ4n) is 8.89. The van der Waals surface area contributed by atoms with Gasteiger partial charge in [-0.25, -0.2) is 0 Å². The van der Waals surface area contributed by atoms with E-state index in [9.17, 15) is 0 Å². The topological polar surface area (TPSA) is 0 Å². The lowest BCUT2D eigenvalue weighted by molar-refractivity contribution is 0.666. The van der Waals surface area contributed by atoms with Crippen molar-refractivity contribution in [3.05, 3.63) is 193 Å². The first-order valence-corrected chi connectivity index (χ1v) is 17.9. The average Bonchev–Trinajstić information content (AvgIpc) is 3.43. The summed E-state index contributed by atoms with van der Waals surface area (Å²) >= 11 is 0. The smallest absolute Gasteiger partial charge is 0.0165 e. The van der Waals surface area contributed by atoms with Crippen LogP contribution in [-0.2, 0) is 5.41 Å². The van der Waals surface area contributed by atoms with Crippen LogP contribution >= 0.6 is 0 Å². The van der Waals surface area contributed by atoms with Gasteiger partial charge in [0.15, 0.2) is 0 Å². The molecule has 240 valence electrons. The quantitative estimate of drug-likeness (QED) is 0.167. The Morgan fingerprint density at radius 1 is 0.314 bits per heavy atom. The predicted molar refractivity (Wildman–Crippen MR) is 218 cm³/mol. The van der Waals surface area contributed by atoms with Crippen molar-refractivity contribution in [3.8, 4) is 55.6 Å². The van der Waals surface area contributed by atoms with E-state index in [2.05, 4.69) is 196 Å². The Morgan fingerprint density at radius 2 is 0.784 bits per heavy atom. The van der Waals surface area contributed by atoms with E-state index in [1.165, 1.54) is 99.1 Å². The van der Waals surface area contributed by atoms with Crippen LogP contribution in [0.2, 0.25) is 0 Å². The van der Waals surface area contributed by atoms with Crippen LogP contribution in [0.5, 0.6) is 0 Å². The van der Waals surface area contributed by atoms with Gasteiger partial charge in [0.1, 0.15) is 0 Å². The first-order valence-electron chi connectivity index (χ1n) is 17.9. The summed E-state index contributed by atoms with van der Waals surface area (Å²) in [6.45, 7) is 4.77. The molecule has 0 bridgehead atoms. The highest BCUT2D eigenvalue weighted by Gasteiger charge is 2.37. The fourth-order valence-corrected chi connectivity index (χ4v) is 8.89. The van der Waals surface area contributed by atoms with Crippen LogP contribution < -0.4 is 0 Å². The minimum absolute atomic E-state index is 0.0850. The van der Waals surface area contributed by atoms with Crippen molar-refractivity contribution >= 4 is 32.3 Å². The van der Waals surface area contributed by atoms with Gasteiger partial charge in [0, 0.05) is 5.41 Å². The largest absolute Gasteiger partial charge is 0.0622 e. The zero-order chi connectivity index (χ0) is 34.1. The molecule has 0 aliphatic heterocycles. The van der Waals surface area contributed by atoms with Gasteiger partial charge in [0.25, 0.3) is 0 Å². The maximum atomic E-state index is 2.47. The number of benzene rings is 9. The third-order valence-corrected chi connectivity index (χ3v) is 11.2. The molecule has 10 rings (SSSR count). The SMILES string of the molecule is CC1(C)c2ccc(-c3c4ccccc4c(-c4cc(-c5ccccc5)cc(-c5ccccc5)c4)c4ccccc34)cc2-c2ccc3ccccc3c21. The van der Waals surface area contributed by atoms with Crippen LogP contribution in [0.1, 0.15) is 25.0 Å². The average molecular weight is 649 g/mol. The van der Waals surface area contributed by atoms with E-state index < -0.39 is 0 Å². The van der Waals surface area contributed by atoms with E-state index in [4.69, 9.17) is 0 Å². The standard InChI is InChI=1S/C51H36/c1-51(2)47-28-26-36(32-46(47)45-27-25-35-19-9-10-20-40(35)50(45)51)48-41-21-11-13-23-43(41)49(44-24-14-12-22-42(44)48)39-30-37(33-15-5-3-6-16-33)29-38(31-39)34-17-7-4-8-18-34/h3-32H,1-2H3. The van der Waals surface area contributed by atoms with Crippen molar-refractivity contribution in [1.82, 2.24) is 0 Å². The van der Waals surface area contributed by atoms with Crippen LogP contribution in [0, 0.1) is 0 Å². The molecule has 0 aromatic heterocycles. The van der Waals surface area contributed by atoms with E-state index in [0.717, 1.165) is 0 Å². The molecule has 0 atom stereocenters. The van der Waals surface area contributed by atoms with Gasteiger partial charge in [-0.05, 0) is 123 Å². The second kappa shape index (κ2) is 11.4.